The number of furan rings is 1. The van der Waals surface area contributed by atoms with Crippen LogP contribution in [0.2, 0.25) is 0 Å². The fourth-order valence-electron chi connectivity index (χ4n) is 1.78. The van der Waals surface area contributed by atoms with Gasteiger partial charge in [-0.15, -0.1) is 11.3 Å². The summed E-state index contributed by atoms with van der Waals surface area (Å²) < 4.78 is 7.08. The van der Waals surface area contributed by atoms with Gasteiger partial charge in [0.25, 0.3) is 0 Å². The van der Waals surface area contributed by atoms with Crippen molar-refractivity contribution in [2.45, 2.75) is 13.0 Å². The Balaban J connectivity index is 1.56. The first-order valence-corrected chi connectivity index (χ1v) is 7.00. The van der Waals surface area contributed by atoms with E-state index < -0.39 is 0 Å². The fraction of sp³-hybridized carbons (Fsp3) is 0.143. The van der Waals surface area contributed by atoms with Crippen LogP contribution in [-0.2, 0) is 17.8 Å². The number of amides is 1. The highest BCUT2D eigenvalue weighted by Crippen LogP contribution is 2.17. The van der Waals surface area contributed by atoms with Crippen molar-refractivity contribution < 1.29 is 9.21 Å². The lowest BCUT2D eigenvalue weighted by Crippen LogP contribution is -2.23. The van der Waals surface area contributed by atoms with Gasteiger partial charge in [0.05, 0.1) is 19.2 Å². The molecule has 0 fully saturated rings. The minimum Gasteiger partial charge on any atom is -0.467 e. The first kappa shape index (κ1) is 12.7. The SMILES string of the molecule is O=C(Cc1cnc(-n2cccc2)s1)NCc1ccco1. The van der Waals surface area contributed by atoms with Gasteiger partial charge in [0.2, 0.25) is 5.91 Å². The number of nitrogens with zero attached hydrogens (tertiary/aromatic N) is 2. The summed E-state index contributed by atoms with van der Waals surface area (Å²) in [6, 6.07) is 7.51. The van der Waals surface area contributed by atoms with E-state index in [1.165, 1.54) is 11.3 Å². The lowest BCUT2D eigenvalue weighted by Gasteiger charge is -2.01. The zero-order valence-corrected chi connectivity index (χ0v) is 11.5. The van der Waals surface area contributed by atoms with Crippen LogP contribution in [0.25, 0.3) is 5.13 Å². The summed E-state index contributed by atoms with van der Waals surface area (Å²) >= 11 is 1.51. The molecular formula is C14H13N3O2S. The molecule has 3 rings (SSSR count). The van der Waals surface area contributed by atoms with Gasteiger partial charge in [-0.3, -0.25) is 4.79 Å². The molecule has 3 aromatic rings. The number of nitrogens with one attached hydrogen (secondary N) is 1. The number of thiazole rings is 1. The van der Waals surface area contributed by atoms with Crippen LogP contribution in [0.4, 0.5) is 0 Å². The molecule has 0 atom stereocenters. The third-order valence-electron chi connectivity index (χ3n) is 2.74. The minimum absolute atomic E-state index is 0.0379. The molecule has 20 heavy (non-hydrogen) atoms. The van der Waals surface area contributed by atoms with Crippen molar-refractivity contribution in [2.75, 3.05) is 0 Å². The van der Waals surface area contributed by atoms with Crippen molar-refractivity contribution >= 4 is 17.2 Å². The van der Waals surface area contributed by atoms with E-state index in [4.69, 9.17) is 4.42 Å². The Morgan fingerprint density at radius 2 is 2.20 bits per heavy atom. The van der Waals surface area contributed by atoms with Crippen LogP contribution >= 0.6 is 11.3 Å². The second-order valence-corrected chi connectivity index (χ2v) is 5.33. The molecule has 0 aliphatic carbocycles. The molecule has 0 bridgehead atoms. The molecule has 0 saturated carbocycles. The van der Waals surface area contributed by atoms with Crippen molar-refractivity contribution in [3.05, 3.63) is 59.8 Å². The number of rotatable bonds is 5. The number of carbonyl (C=O) groups is 1. The topological polar surface area (TPSA) is 60.1 Å². The van der Waals surface area contributed by atoms with Crippen LogP contribution in [0.15, 0.2) is 53.5 Å². The number of aromatic nitrogens is 2. The summed E-state index contributed by atoms with van der Waals surface area (Å²) in [7, 11) is 0. The molecule has 0 saturated heterocycles. The molecule has 102 valence electrons. The zero-order valence-electron chi connectivity index (χ0n) is 10.7. The summed E-state index contributed by atoms with van der Waals surface area (Å²) in [5.41, 5.74) is 0. The lowest BCUT2D eigenvalue weighted by atomic mass is 10.3. The Kier molecular flexibility index (Phi) is 3.64. The van der Waals surface area contributed by atoms with Gasteiger partial charge in [0.15, 0.2) is 5.13 Å². The van der Waals surface area contributed by atoms with E-state index in [0.29, 0.717) is 13.0 Å². The van der Waals surface area contributed by atoms with Gasteiger partial charge in [0, 0.05) is 23.5 Å². The Bertz CT molecular complexity index is 671. The molecule has 0 aromatic carbocycles. The van der Waals surface area contributed by atoms with Gasteiger partial charge in [-0.25, -0.2) is 4.98 Å². The van der Waals surface area contributed by atoms with Gasteiger partial charge in [-0.2, -0.15) is 0 Å². The third-order valence-corrected chi connectivity index (χ3v) is 3.75. The molecule has 0 aliphatic rings. The first-order chi connectivity index (χ1) is 9.81. The van der Waals surface area contributed by atoms with Gasteiger partial charge in [-0.1, -0.05) is 0 Å². The highest BCUT2D eigenvalue weighted by atomic mass is 32.1. The molecule has 3 aromatic heterocycles. The van der Waals surface area contributed by atoms with Gasteiger partial charge in [0.1, 0.15) is 5.76 Å². The second kappa shape index (κ2) is 5.75. The van der Waals surface area contributed by atoms with E-state index in [2.05, 4.69) is 10.3 Å². The summed E-state index contributed by atoms with van der Waals surface area (Å²) in [4.78, 5) is 17.1. The number of hydrogen-bond donors (Lipinski definition) is 1. The molecule has 1 amide bonds. The number of carbonyl (C=O) groups excluding carboxylic acids is 1. The molecule has 3 heterocycles. The van der Waals surface area contributed by atoms with E-state index in [-0.39, 0.29) is 5.91 Å². The predicted molar refractivity (Wildman–Crippen MR) is 75.7 cm³/mol. The van der Waals surface area contributed by atoms with Gasteiger partial charge < -0.3 is 14.3 Å². The van der Waals surface area contributed by atoms with E-state index in [1.807, 2.05) is 35.2 Å². The second-order valence-electron chi connectivity index (χ2n) is 4.23. The average Bonchev–Trinajstić information content (AvgIpc) is 3.18. The number of hydrogen-bond acceptors (Lipinski definition) is 4. The molecule has 0 unspecified atom stereocenters. The molecule has 6 heteroatoms. The van der Waals surface area contributed by atoms with E-state index in [1.54, 1.807) is 18.5 Å². The highest BCUT2D eigenvalue weighted by molar-refractivity contribution is 7.14. The maximum absolute atomic E-state index is 11.8. The monoisotopic (exact) mass is 287 g/mol. The van der Waals surface area contributed by atoms with Crippen molar-refractivity contribution in [3.63, 3.8) is 0 Å². The maximum atomic E-state index is 11.8. The molecule has 1 N–H and O–H groups in total. The van der Waals surface area contributed by atoms with Crippen LogP contribution in [0.1, 0.15) is 10.6 Å². The normalized spacial score (nSPS) is 10.6. The van der Waals surface area contributed by atoms with Gasteiger partial charge >= 0.3 is 0 Å². The molecule has 0 spiro atoms. The van der Waals surface area contributed by atoms with Crippen molar-refractivity contribution in [2.24, 2.45) is 0 Å². The largest absolute Gasteiger partial charge is 0.467 e. The van der Waals surface area contributed by atoms with Gasteiger partial charge in [-0.05, 0) is 24.3 Å². The maximum Gasteiger partial charge on any atom is 0.225 e. The standard InChI is InChI=1S/C14H13N3O2S/c18-13(15-9-11-4-3-7-19-11)8-12-10-16-14(20-12)17-5-1-2-6-17/h1-7,10H,8-9H2,(H,15,18). The smallest absolute Gasteiger partial charge is 0.225 e. The Labute approximate surface area is 119 Å². The Morgan fingerprint density at radius 1 is 1.35 bits per heavy atom. The Morgan fingerprint density at radius 3 is 2.95 bits per heavy atom. The summed E-state index contributed by atoms with van der Waals surface area (Å²) in [5.74, 6) is 0.708. The molecular weight excluding hydrogens is 274 g/mol. The highest BCUT2D eigenvalue weighted by Gasteiger charge is 2.08. The summed E-state index contributed by atoms with van der Waals surface area (Å²) in [5, 5.41) is 3.68. The molecule has 0 aliphatic heterocycles. The fourth-order valence-corrected chi connectivity index (χ4v) is 2.66. The van der Waals surface area contributed by atoms with E-state index >= 15 is 0 Å². The first-order valence-electron chi connectivity index (χ1n) is 6.18. The lowest BCUT2D eigenvalue weighted by molar-refractivity contribution is -0.120. The summed E-state index contributed by atoms with van der Waals surface area (Å²) in [6.07, 6.45) is 7.53. The minimum atomic E-state index is -0.0379. The van der Waals surface area contributed by atoms with Crippen molar-refractivity contribution in [1.29, 1.82) is 0 Å². The van der Waals surface area contributed by atoms with Crippen molar-refractivity contribution in [3.8, 4) is 5.13 Å². The van der Waals surface area contributed by atoms with Crippen LogP contribution in [0.5, 0.6) is 0 Å². The Hall–Kier alpha value is -2.34. The van der Waals surface area contributed by atoms with Crippen LogP contribution in [0, 0.1) is 0 Å². The van der Waals surface area contributed by atoms with E-state index in [9.17, 15) is 4.79 Å². The summed E-state index contributed by atoms with van der Waals surface area (Å²) in [6.45, 7) is 0.412. The third kappa shape index (κ3) is 2.97. The molecule has 5 nitrogen and oxygen atoms in total. The quantitative estimate of drug-likeness (QED) is 0.784. The van der Waals surface area contributed by atoms with E-state index in [0.717, 1.165) is 15.8 Å². The van der Waals surface area contributed by atoms with Crippen LogP contribution in [-0.4, -0.2) is 15.5 Å². The van der Waals surface area contributed by atoms with Crippen LogP contribution in [0.3, 0.4) is 0 Å². The van der Waals surface area contributed by atoms with Crippen LogP contribution < -0.4 is 5.32 Å². The molecule has 0 radical (unpaired) electrons. The zero-order chi connectivity index (χ0) is 13.8. The van der Waals surface area contributed by atoms with Crippen molar-refractivity contribution in [1.82, 2.24) is 14.9 Å². The average molecular weight is 287 g/mol. The predicted octanol–water partition coefficient (Wildman–Crippen LogP) is 2.39.